The molecule has 4 bridgehead atoms. The van der Waals surface area contributed by atoms with Crippen LogP contribution in [0.25, 0.3) is 0 Å². The van der Waals surface area contributed by atoms with Gasteiger partial charge in [-0.05, 0) is 80.5 Å². The van der Waals surface area contributed by atoms with Crippen LogP contribution in [0.4, 0.5) is 0 Å². The summed E-state index contributed by atoms with van der Waals surface area (Å²) < 4.78 is 0. The molecule has 0 aliphatic heterocycles. The Balaban J connectivity index is 1.47. The first-order chi connectivity index (χ1) is 8.24. The molecule has 0 aromatic carbocycles. The summed E-state index contributed by atoms with van der Waals surface area (Å²) in [6.45, 7) is 0. The lowest BCUT2D eigenvalue weighted by Gasteiger charge is -2.35. The summed E-state index contributed by atoms with van der Waals surface area (Å²) in [7, 11) is 0. The molecule has 4 N–H and O–H groups in total. The zero-order chi connectivity index (χ0) is 11.6. The van der Waals surface area contributed by atoms with E-state index in [0.717, 1.165) is 35.5 Å². The Kier molecular flexibility index (Phi) is 2.36. The van der Waals surface area contributed by atoms with Crippen molar-refractivity contribution in [2.45, 2.75) is 57.0 Å². The van der Waals surface area contributed by atoms with Crippen LogP contribution in [0.1, 0.15) is 44.9 Å². The van der Waals surface area contributed by atoms with Crippen molar-refractivity contribution < 1.29 is 0 Å². The molecule has 4 aliphatic rings. The van der Waals surface area contributed by atoms with Gasteiger partial charge in [0.2, 0.25) is 0 Å². The van der Waals surface area contributed by atoms with E-state index >= 15 is 0 Å². The summed E-state index contributed by atoms with van der Waals surface area (Å²) in [6, 6.07) is 1.03. The molecule has 96 valence electrons. The molecule has 0 heterocycles. The van der Waals surface area contributed by atoms with E-state index in [1.807, 2.05) is 0 Å². The van der Waals surface area contributed by atoms with Crippen molar-refractivity contribution in [1.82, 2.24) is 0 Å². The van der Waals surface area contributed by atoms with Crippen LogP contribution in [0.5, 0.6) is 0 Å². The van der Waals surface area contributed by atoms with Gasteiger partial charge in [0.15, 0.2) is 0 Å². The molecule has 4 saturated carbocycles. The third kappa shape index (κ3) is 1.46. The SMILES string of the molecule is NC1C2CCC(C2)C1CC1C2CCC(C2)C1N. The molecule has 4 aliphatic carbocycles. The maximum Gasteiger partial charge on any atom is 0.00984 e. The number of hydrogen-bond donors (Lipinski definition) is 2. The van der Waals surface area contributed by atoms with Crippen LogP contribution in [-0.2, 0) is 0 Å². The molecular formula is C15H26N2. The predicted molar refractivity (Wildman–Crippen MR) is 69.2 cm³/mol. The number of fused-ring (bicyclic) bond motifs is 4. The van der Waals surface area contributed by atoms with E-state index in [9.17, 15) is 0 Å². The second kappa shape index (κ2) is 3.71. The summed E-state index contributed by atoms with van der Waals surface area (Å²) in [4.78, 5) is 0. The molecule has 0 amide bonds. The van der Waals surface area contributed by atoms with Gasteiger partial charge >= 0.3 is 0 Å². The van der Waals surface area contributed by atoms with Gasteiger partial charge in [0.05, 0.1) is 0 Å². The summed E-state index contributed by atoms with van der Waals surface area (Å²) in [5, 5.41) is 0. The van der Waals surface area contributed by atoms with Gasteiger partial charge in [-0.2, -0.15) is 0 Å². The van der Waals surface area contributed by atoms with Crippen molar-refractivity contribution in [3.8, 4) is 0 Å². The number of hydrogen-bond acceptors (Lipinski definition) is 2. The van der Waals surface area contributed by atoms with E-state index in [0.29, 0.717) is 12.1 Å². The smallest absolute Gasteiger partial charge is 0.00984 e. The maximum atomic E-state index is 6.45. The highest BCUT2D eigenvalue weighted by molar-refractivity contribution is 5.04. The third-order valence-electron chi connectivity index (χ3n) is 6.86. The van der Waals surface area contributed by atoms with Gasteiger partial charge in [-0.3, -0.25) is 0 Å². The fourth-order valence-corrected chi connectivity index (χ4v) is 5.92. The zero-order valence-electron chi connectivity index (χ0n) is 10.7. The highest BCUT2D eigenvalue weighted by Crippen LogP contribution is 2.55. The third-order valence-corrected chi connectivity index (χ3v) is 6.86. The van der Waals surface area contributed by atoms with Gasteiger partial charge in [0.1, 0.15) is 0 Å². The molecule has 0 radical (unpaired) electrons. The van der Waals surface area contributed by atoms with E-state index in [1.165, 1.54) is 44.9 Å². The van der Waals surface area contributed by atoms with E-state index in [2.05, 4.69) is 0 Å². The van der Waals surface area contributed by atoms with Crippen molar-refractivity contribution in [2.24, 2.45) is 47.0 Å². The van der Waals surface area contributed by atoms with Crippen LogP contribution in [-0.4, -0.2) is 12.1 Å². The first-order valence-corrected chi connectivity index (χ1v) is 7.75. The van der Waals surface area contributed by atoms with Crippen LogP contribution in [0, 0.1) is 35.5 Å². The van der Waals surface area contributed by atoms with E-state index in [1.54, 1.807) is 0 Å². The van der Waals surface area contributed by atoms with Crippen molar-refractivity contribution >= 4 is 0 Å². The van der Waals surface area contributed by atoms with Gasteiger partial charge in [0, 0.05) is 12.1 Å². The Morgan fingerprint density at radius 1 is 0.647 bits per heavy atom. The molecule has 0 spiro atoms. The highest BCUT2D eigenvalue weighted by atomic mass is 14.8. The molecule has 0 aromatic heterocycles. The average Bonchev–Trinajstić information content (AvgIpc) is 3.05. The molecule has 8 unspecified atom stereocenters. The minimum Gasteiger partial charge on any atom is -0.327 e. The fourth-order valence-electron chi connectivity index (χ4n) is 5.92. The van der Waals surface area contributed by atoms with Crippen molar-refractivity contribution in [3.63, 3.8) is 0 Å². The Bertz CT molecular complexity index is 282. The second-order valence-electron chi connectivity index (χ2n) is 7.38. The van der Waals surface area contributed by atoms with Gasteiger partial charge in [-0.15, -0.1) is 0 Å². The minimum atomic E-state index is 0.514. The van der Waals surface area contributed by atoms with Crippen LogP contribution >= 0.6 is 0 Å². The normalized spacial score (nSPS) is 60.4. The molecule has 8 atom stereocenters. The van der Waals surface area contributed by atoms with Crippen molar-refractivity contribution in [1.29, 1.82) is 0 Å². The molecule has 17 heavy (non-hydrogen) atoms. The Hall–Kier alpha value is -0.0800. The highest BCUT2D eigenvalue weighted by Gasteiger charge is 2.51. The molecule has 2 heteroatoms. The van der Waals surface area contributed by atoms with Crippen LogP contribution in [0.2, 0.25) is 0 Å². The summed E-state index contributed by atoms with van der Waals surface area (Å²) in [6.07, 6.45) is 9.96. The standard InChI is InChI=1S/C15H26N2/c16-14-10-3-1-8(5-10)12(14)7-13-9-2-4-11(6-9)15(13)17/h8-15H,1-7,16-17H2. The lowest BCUT2D eigenvalue weighted by molar-refractivity contribution is 0.181. The number of rotatable bonds is 2. The van der Waals surface area contributed by atoms with Crippen LogP contribution < -0.4 is 11.5 Å². The van der Waals surface area contributed by atoms with Gasteiger partial charge < -0.3 is 11.5 Å². The lowest BCUT2D eigenvalue weighted by Crippen LogP contribution is -2.42. The van der Waals surface area contributed by atoms with E-state index in [4.69, 9.17) is 11.5 Å². The lowest BCUT2D eigenvalue weighted by atomic mass is 9.73. The second-order valence-corrected chi connectivity index (χ2v) is 7.38. The monoisotopic (exact) mass is 234 g/mol. The van der Waals surface area contributed by atoms with Gasteiger partial charge in [0.25, 0.3) is 0 Å². The average molecular weight is 234 g/mol. The van der Waals surface area contributed by atoms with Crippen LogP contribution in [0.3, 0.4) is 0 Å². The van der Waals surface area contributed by atoms with E-state index < -0.39 is 0 Å². The maximum absolute atomic E-state index is 6.45. The minimum absolute atomic E-state index is 0.514. The largest absolute Gasteiger partial charge is 0.327 e. The first kappa shape index (κ1) is 10.8. The Morgan fingerprint density at radius 2 is 1.06 bits per heavy atom. The summed E-state index contributed by atoms with van der Waals surface area (Å²) in [5.41, 5.74) is 12.9. The van der Waals surface area contributed by atoms with Crippen LogP contribution in [0.15, 0.2) is 0 Å². The zero-order valence-corrected chi connectivity index (χ0v) is 10.7. The van der Waals surface area contributed by atoms with Crippen molar-refractivity contribution in [2.75, 3.05) is 0 Å². The summed E-state index contributed by atoms with van der Waals surface area (Å²) in [5.74, 6) is 5.29. The molecule has 0 aromatic rings. The predicted octanol–water partition coefficient (Wildman–Crippen LogP) is 2.12. The topological polar surface area (TPSA) is 52.0 Å². The molecule has 4 rings (SSSR count). The molecular weight excluding hydrogens is 208 g/mol. The molecule has 2 nitrogen and oxygen atoms in total. The van der Waals surface area contributed by atoms with Gasteiger partial charge in [-0.1, -0.05) is 0 Å². The van der Waals surface area contributed by atoms with Gasteiger partial charge in [-0.25, -0.2) is 0 Å². The number of nitrogens with two attached hydrogens (primary N) is 2. The Labute approximate surface area is 105 Å². The van der Waals surface area contributed by atoms with E-state index in [-0.39, 0.29) is 0 Å². The quantitative estimate of drug-likeness (QED) is 0.769. The fraction of sp³-hybridized carbons (Fsp3) is 1.00. The first-order valence-electron chi connectivity index (χ1n) is 7.75. The Morgan fingerprint density at radius 3 is 1.41 bits per heavy atom. The van der Waals surface area contributed by atoms with Crippen molar-refractivity contribution in [3.05, 3.63) is 0 Å². The summed E-state index contributed by atoms with van der Waals surface area (Å²) >= 11 is 0. The molecule has 0 saturated heterocycles. The molecule has 4 fully saturated rings.